The van der Waals surface area contributed by atoms with Crippen LogP contribution in [0.25, 0.3) is 0 Å². The highest BCUT2D eigenvalue weighted by Crippen LogP contribution is 2.38. The van der Waals surface area contributed by atoms with Gasteiger partial charge in [0.05, 0.1) is 11.8 Å². The van der Waals surface area contributed by atoms with Crippen molar-refractivity contribution in [2.45, 2.75) is 26.7 Å². The normalized spacial score (nSPS) is 21.2. The quantitative estimate of drug-likeness (QED) is 0.675. The van der Waals surface area contributed by atoms with Gasteiger partial charge in [0.2, 0.25) is 11.8 Å². The second kappa shape index (κ2) is 6.37. The molecule has 6 heteroatoms. The molecule has 2 N–H and O–H groups in total. The number of rotatable bonds is 7. The lowest BCUT2D eigenvalue weighted by Gasteiger charge is -2.18. The SMILES string of the molecule is CCN(CC)C(=O)CCNC(=O)[C@@H]1C[C@@H]1C(=O)O. The molecule has 0 aromatic rings. The first-order valence-electron chi connectivity index (χ1n) is 6.29. The van der Waals surface area contributed by atoms with Crippen LogP contribution in [0.1, 0.15) is 26.7 Å². The third kappa shape index (κ3) is 3.72. The van der Waals surface area contributed by atoms with E-state index in [2.05, 4.69) is 5.32 Å². The first kappa shape index (κ1) is 14.5. The fourth-order valence-corrected chi connectivity index (χ4v) is 1.92. The number of hydrogen-bond donors (Lipinski definition) is 2. The lowest BCUT2D eigenvalue weighted by atomic mass is 10.3. The molecule has 1 rings (SSSR count). The Bertz CT molecular complexity index is 339. The number of aliphatic carboxylic acids is 1. The maximum absolute atomic E-state index is 11.6. The van der Waals surface area contributed by atoms with Gasteiger partial charge in [0, 0.05) is 26.1 Å². The third-order valence-corrected chi connectivity index (χ3v) is 3.20. The number of nitrogens with zero attached hydrogens (tertiary/aromatic N) is 1. The van der Waals surface area contributed by atoms with E-state index in [4.69, 9.17) is 5.11 Å². The molecule has 1 aliphatic rings. The molecule has 0 unspecified atom stereocenters. The summed E-state index contributed by atoms with van der Waals surface area (Å²) in [5, 5.41) is 11.3. The van der Waals surface area contributed by atoms with Crippen LogP contribution in [0, 0.1) is 11.8 Å². The number of hydrogen-bond acceptors (Lipinski definition) is 3. The van der Waals surface area contributed by atoms with Gasteiger partial charge in [0.15, 0.2) is 0 Å². The molecule has 0 aliphatic heterocycles. The summed E-state index contributed by atoms with van der Waals surface area (Å²) in [7, 11) is 0. The van der Waals surface area contributed by atoms with Gasteiger partial charge in [0.25, 0.3) is 0 Å². The number of nitrogens with one attached hydrogen (secondary N) is 1. The van der Waals surface area contributed by atoms with Gasteiger partial charge >= 0.3 is 5.97 Å². The van der Waals surface area contributed by atoms with Crippen molar-refractivity contribution in [3.05, 3.63) is 0 Å². The Morgan fingerprint density at radius 3 is 2.28 bits per heavy atom. The van der Waals surface area contributed by atoms with Crippen LogP contribution in [0.2, 0.25) is 0 Å². The lowest BCUT2D eigenvalue weighted by Crippen LogP contribution is -2.35. The molecule has 0 aromatic heterocycles. The fraction of sp³-hybridized carbons (Fsp3) is 0.750. The molecule has 2 atom stereocenters. The minimum Gasteiger partial charge on any atom is -0.481 e. The van der Waals surface area contributed by atoms with E-state index in [-0.39, 0.29) is 24.8 Å². The van der Waals surface area contributed by atoms with E-state index in [1.165, 1.54) is 0 Å². The van der Waals surface area contributed by atoms with Crippen LogP contribution in [0.5, 0.6) is 0 Å². The minimum atomic E-state index is -0.922. The van der Waals surface area contributed by atoms with Gasteiger partial charge in [-0.05, 0) is 20.3 Å². The van der Waals surface area contributed by atoms with Gasteiger partial charge in [-0.15, -0.1) is 0 Å². The number of carbonyl (C=O) groups excluding carboxylic acids is 2. The van der Waals surface area contributed by atoms with Crippen molar-refractivity contribution in [2.24, 2.45) is 11.8 Å². The summed E-state index contributed by atoms with van der Waals surface area (Å²) in [4.78, 5) is 35.4. The predicted molar refractivity (Wildman–Crippen MR) is 64.8 cm³/mol. The van der Waals surface area contributed by atoms with Crippen LogP contribution in [0.4, 0.5) is 0 Å². The molecule has 0 aromatic carbocycles. The van der Waals surface area contributed by atoms with Crippen molar-refractivity contribution in [2.75, 3.05) is 19.6 Å². The Kier molecular flexibility index (Phi) is 5.12. The largest absolute Gasteiger partial charge is 0.481 e. The molecule has 6 nitrogen and oxygen atoms in total. The summed E-state index contributed by atoms with van der Waals surface area (Å²) in [5.74, 6) is -2.12. The van der Waals surface area contributed by atoms with E-state index in [0.29, 0.717) is 19.5 Å². The highest BCUT2D eigenvalue weighted by molar-refractivity contribution is 5.89. The number of carbonyl (C=O) groups is 3. The first-order valence-corrected chi connectivity index (χ1v) is 6.29. The zero-order chi connectivity index (χ0) is 13.7. The van der Waals surface area contributed by atoms with Gasteiger partial charge < -0.3 is 15.3 Å². The van der Waals surface area contributed by atoms with Crippen molar-refractivity contribution < 1.29 is 19.5 Å². The van der Waals surface area contributed by atoms with Crippen LogP contribution in [-0.2, 0) is 14.4 Å². The molecule has 0 heterocycles. The molecular weight excluding hydrogens is 236 g/mol. The summed E-state index contributed by atoms with van der Waals surface area (Å²) in [6, 6.07) is 0. The third-order valence-electron chi connectivity index (χ3n) is 3.20. The van der Waals surface area contributed by atoms with Crippen LogP contribution < -0.4 is 5.32 Å². The fourth-order valence-electron chi connectivity index (χ4n) is 1.92. The predicted octanol–water partition coefficient (Wildman–Crippen LogP) is 0.0818. The Hall–Kier alpha value is -1.59. The zero-order valence-electron chi connectivity index (χ0n) is 10.8. The maximum Gasteiger partial charge on any atom is 0.307 e. The summed E-state index contributed by atoms with van der Waals surface area (Å²) in [5.41, 5.74) is 0. The van der Waals surface area contributed by atoms with Crippen LogP contribution >= 0.6 is 0 Å². The molecule has 0 radical (unpaired) electrons. The number of amides is 2. The molecule has 0 saturated heterocycles. The summed E-state index contributed by atoms with van der Waals surface area (Å²) in [6.07, 6.45) is 0.670. The summed E-state index contributed by atoms with van der Waals surface area (Å²) in [6.45, 7) is 5.40. The van der Waals surface area contributed by atoms with Gasteiger partial charge in [0.1, 0.15) is 0 Å². The van der Waals surface area contributed by atoms with E-state index in [1.54, 1.807) is 4.90 Å². The first-order chi connectivity index (χ1) is 8.51. The monoisotopic (exact) mass is 256 g/mol. The highest BCUT2D eigenvalue weighted by Gasteiger charge is 2.48. The molecule has 1 aliphatic carbocycles. The van der Waals surface area contributed by atoms with Crippen LogP contribution in [0.15, 0.2) is 0 Å². The average Bonchev–Trinajstić information content (AvgIpc) is 3.10. The Morgan fingerprint density at radius 1 is 1.22 bits per heavy atom. The summed E-state index contributed by atoms with van der Waals surface area (Å²) < 4.78 is 0. The Labute approximate surface area is 106 Å². The van der Waals surface area contributed by atoms with Crippen LogP contribution in [0.3, 0.4) is 0 Å². The van der Waals surface area contributed by atoms with Crippen molar-refractivity contribution in [1.29, 1.82) is 0 Å². The van der Waals surface area contributed by atoms with Gasteiger partial charge in [-0.2, -0.15) is 0 Å². The Morgan fingerprint density at radius 2 is 1.83 bits per heavy atom. The topological polar surface area (TPSA) is 86.7 Å². The smallest absolute Gasteiger partial charge is 0.307 e. The maximum atomic E-state index is 11.6. The van der Waals surface area contributed by atoms with E-state index < -0.39 is 17.8 Å². The molecule has 102 valence electrons. The van der Waals surface area contributed by atoms with E-state index in [0.717, 1.165) is 0 Å². The standard InChI is InChI=1S/C12H20N2O4/c1-3-14(4-2)10(15)5-6-13-11(16)8-7-9(8)12(17)18/h8-9H,3-7H2,1-2H3,(H,13,16)(H,17,18)/t8-,9+/m1/s1. The van der Waals surface area contributed by atoms with Crippen molar-refractivity contribution in [3.63, 3.8) is 0 Å². The van der Waals surface area contributed by atoms with Crippen molar-refractivity contribution >= 4 is 17.8 Å². The Balaban J connectivity index is 2.20. The molecule has 1 fully saturated rings. The molecule has 1 saturated carbocycles. The average molecular weight is 256 g/mol. The lowest BCUT2D eigenvalue weighted by molar-refractivity contribution is -0.140. The summed E-state index contributed by atoms with van der Waals surface area (Å²) >= 11 is 0. The molecule has 18 heavy (non-hydrogen) atoms. The van der Waals surface area contributed by atoms with Crippen molar-refractivity contribution in [1.82, 2.24) is 10.2 Å². The number of carboxylic acids is 1. The molecular formula is C12H20N2O4. The van der Waals surface area contributed by atoms with E-state index in [9.17, 15) is 14.4 Å². The second-order valence-electron chi connectivity index (χ2n) is 4.39. The number of carboxylic acid groups (broad SMARTS) is 1. The van der Waals surface area contributed by atoms with Gasteiger partial charge in [-0.3, -0.25) is 14.4 Å². The van der Waals surface area contributed by atoms with Gasteiger partial charge in [-0.25, -0.2) is 0 Å². The molecule has 0 bridgehead atoms. The van der Waals surface area contributed by atoms with Gasteiger partial charge in [-0.1, -0.05) is 0 Å². The van der Waals surface area contributed by atoms with E-state index >= 15 is 0 Å². The zero-order valence-corrected chi connectivity index (χ0v) is 10.8. The van der Waals surface area contributed by atoms with Crippen LogP contribution in [-0.4, -0.2) is 47.4 Å². The minimum absolute atomic E-state index is 0.00545. The second-order valence-corrected chi connectivity index (χ2v) is 4.39. The molecule has 0 spiro atoms. The van der Waals surface area contributed by atoms with Crippen molar-refractivity contribution in [3.8, 4) is 0 Å². The highest BCUT2D eigenvalue weighted by atomic mass is 16.4. The molecule has 2 amide bonds. The van der Waals surface area contributed by atoms with E-state index in [1.807, 2.05) is 13.8 Å².